The molecule has 1 amide bonds. The van der Waals surface area contributed by atoms with Crippen LogP contribution in [0.2, 0.25) is 0 Å². The minimum atomic E-state index is -4.56. The number of carbonyl (C=O) groups excluding carboxylic acids is 1. The molecule has 2 N–H and O–H groups in total. The molecule has 0 aliphatic carbocycles. The first-order valence-electron chi connectivity index (χ1n) is 7.16. The maximum Gasteiger partial charge on any atom is 0.433 e. The molecule has 6 nitrogen and oxygen atoms in total. The molecule has 0 fully saturated rings. The monoisotopic (exact) mass is 347 g/mol. The van der Waals surface area contributed by atoms with E-state index in [-0.39, 0.29) is 11.1 Å². The molecule has 0 saturated heterocycles. The maximum absolute atomic E-state index is 12.7. The number of anilines is 1. The van der Waals surface area contributed by atoms with Crippen LogP contribution in [0.15, 0.2) is 42.9 Å². The highest BCUT2D eigenvalue weighted by Crippen LogP contribution is 2.30. The fourth-order valence-electron chi connectivity index (χ4n) is 2.28. The first kappa shape index (κ1) is 16.6. The Kier molecular flexibility index (Phi) is 4.22. The minimum absolute atomic E-state index is 0.0127. The van der Waals surface area contributed by atoms with Gasteiger partial charge in [-0.3, -0.25) is 19.9 Å². The van der Waals surface area contributed by atoms with Crippen LogP contribution >= 0.6 is 0 Å². The largest absolute Gasteiger partial charge is 0.433 e. The Balaban J connectivity index is 1.85. The standard InChI is InChI=1S/C16H12F3N5O/c1-9-6-10(7-21-14(9)16(17,18)19)15(25)23-12-8-22-24-13(12)11-4-2-3-5-20-11/h2-8H,1H3,(H,22,24)(H,23,25). The first-order valence-corrected chi connectivity index (χ1v) is 7.16. The summed E-state index contributed by atoms with van der Waals surface area (Å²) in [5.41, 5.74) is 0.293. The molecule has 0 aliphatic heterocycles. The van der Waals surface area contributed by atoms with E-state index < -0.39 is 17.8 Å². The number of aromatic nitrogens is 4. The number of amides is 1. The highest BCUT2D eigenvalue weighted by molar-refractivity contribution is 6.05. The smallest absolute Gasteiger partial charge is 0.319 e. The van der Waals surface area contributed by atoms with Crippen LogP contribution in [0.3, 0.4) is 0 Å². The van der Waals surface area contributed by atoms with Gasteiger partial charge in [0.05, 0.1) is 23.1 Å². The van der Waals surface area contributed by atoms with Crippen molar-refractivity contribution in [1.82, 2.24) is 20.2 Å². The molecule has 3 heterocycles. The fraction of sp³-hybridized carbons (Fsp3) is 0.125. The Morgan fingerprint density at radius 3 is 2.64 bits per heavy atom. The van der Waals surface area contributed by atoms with Gasteiger partial charge in [0.15, 0.2) is 0 Å². The molecule has 0 saturated carbocycles. The summed E-state index contributed by atoms with van der Waals surface area (Å²) in [4.78, 5) is 19.8. The van der Waals surface area contributed by atoms with Crippen LogP contribution in [0.25, 0.3) is 11.4 Å². The van der Waals surface area contributed by atoms with E-state index in [0.29, 0.717) is 17.1 Å². The Bertz CT molecular complexity index is 906. The summed E-state index contributed by atoms with van der Waals surface area (Å²) in [6.45, 7) is 1.25. The van der Waals surface area contributed by atoms with Crippen molar-refractivity contribution in [1.29, 1.82) is 0 Å². The maximum atomic E-state index is 12.7. The highest BCUT2D eigenvalue weighted by atomic mass is 19.4. The Hall–Kier alpha value is -3.23. The van der Waals surface area contributed by atoms with Crippen LogP contribution in [0.1, 0.15) is 21.6 Å². The second-order valence-electron chi connectivity index (χ2n) is 5.22. The molecule has 0 aromatic carbocycles. The van der Waals surface area contributed by atoms with Crippen molar-refractivity contribution < 1.29 is 18.0 Å². The third-order valence-electron chi connectivity index (χ3n) is 3.42. The summed E-state index contributed by atoms with van der Waals surface area (Å²) in [6.07, 6.45) is -0.682. The van der Waals surface area contributed by atoms with Crippen LogP contribution in [0.5, 0.6) is 0 Å². The molecular formula is C16H12F3N5O. The van der Waals surface area contributed by atoms with Crippen molar-refractivity contribution >= 4 is 11.6 Å². The van der Waals surface area contributed by atoms with Gasteiger partial charge < -0.3 is 5.32 Å². The Morgan fingerprint density at radius 2 is 2.00 bits per heavy atom. The summed E-state index contributed by atoms with van der Waals surface area (Å²) in [5.74, 6) is -0.595. The Labute approximate surface area is 140 Å². The lowest BCUT2D eigenvalue weighted by Gasteiger charge is -2.10. The molecule has 0 unspecified atom stereocenters. The summed E-state index contributed by atoms with van der Waals surface area (Å²) in [6, 6.07) is 6.39. The predicted molar refractivity (Wildman–Crippen MR) is 83.7 cm³/mol. The van der Waals surface area contributed by atoms with Crippen LogP contribution < -0.4 is 5.32 Å². The molecule has 0 radical (unpaired) electrons. The van der Waals surface area contributed by atoms with Crippen LogP contribution in [-0.2, 0) is 6.18 Å². The van der Waals surface area contributed by atoms with Crippen molar-refractivity contribution in [3.05, 3.63) is 59.7 Å². The zero-order valence-corrected chi connectivity index (χ0v) is 12.9. The van der Waals surface area contributed by atoms with Crippen molar-refractivity contribution in [2.24, 2.45) is 0 Å². The zero-order chi connectivity index (χ0) is 18.0. The lowest BCUT2D eigenvalue weighted by Crippen LogP contribution is -2.16. The van der Waals surface area contributed by atoms with Gasteiger partial charge in [0.2, 0.25) is 0 Å². The van der Waals surface area contributed by atoms with Crippen LogP contribution in [-0.4, -0.2) is 26.1 Å². The lowest BCUT2D eigenvalue weighted by atomic mass is 10.1. The van der Waals surface area contributed by atoms with E-state index in [0.717, 1.165) is 12.3 Å². The summed E-state index contributed by atoms with van der Waals surface area (Å²) < 4.78 is 38.2. The van der Waals surface area contributed by atoms with Crippen molar-refractivity contribution in [3.8, 4) is 11.4 Å². The summed E-state index contributed by atoms with van der Waals surface area (Å²) >= 11 is 0. The van der Waals surface area contributed by atoms with E-state index in [2.05, 4.69) is 25.5 Å². The van der Waals surface area contributed by atoms with Gasteiger partial charge in [-0.25, -0.2) is 0 Å². The van der Waals surface area contributed by atoms with Gasteiger partial charge in [-0.2, -0.15) is 18.3 Å². The van der Waals surface area contributed by atoms with Crippen molar-refractivity contribution in [3.63, 3.8) is 0 Å². The second-order valence-corrected chi connectivity index (χ2v) is 5.22. The van der Waals surface area contributed by atoms with Gasteiger partial charge in [0.1, 0.15) is 11.4 Å². The van der Waals surface area contributed by atoms with Gasteiger partial charge in [-0.05, 0) is 30.7 Å². The molecule has 0 spiro atoms. The van der Waals surface area contributed by atoms with Crippen molar-refractivity contribution in [2.45, 2.75) is 13.1 Å². The third-order valence-corrected chi connectivity index (χ3v) is 3.42. The first-order chi connectivity index (χ1) is 11.9. The molecule has 0 atom stereocenters. The van der Waals surface area contributed by atoms with E-state index >= 15 is 0 Å². The number of carbonyl (C=O) groups is 1. The SMILES string of the molecule is Cc1cc(C(=O)Nc2cn[nH]c2-c2ccccn2)cnc1C(F)(F)F. The number of pyridine rings is 2. The molecule has 9 heteroatoms. The number of H-pyrrole nitrogens is 1. The summed E-state index contributed by atoms with van der Waals surface area (Å²) in [7, 11) is 0. The molecule has 3 aromatic heterocycles. The van der Waals surface area contributed by atoms with Gasteiger partial charge in [-0.1, -0.05) is 6.07 Å². The number of halogens is 3. The van der Waals surface area contributed by atoms with E-state index in [1.54, 1.807) is 24.4 Å². The molecule has 0 aliphatic rings. The molecular weight excluding hydrogens is 335 g/mol. The number of nitrogens with zero attached hydrogens (tertiary/aromatic N) is 3. The third kappa shape index (κ3) is 3.49. The van der Waals surface area contributed by atoms with Gasteiger partial charge in [0, 0.05) is 12.4 Å². The normalized spacial score (nSPS) is 11.4. The number of nitrogens with one attached hydrogen (secondary N) is 2. The quantitative estimate of drug-likeness (QED) is 0.760. The van der Waals surface area contributed by atoms with E-state index in [9.17, 15) is 18.0 Å². The molecule has 3 rings (SSSR count). The average molecular weight is 347 g/mol. The number of alkyl halides is 3. The van der Waals surface area contributed by atoms with Crippen LogP contribution in [0, 0.1) is 6.92 Å². The molecule has 3 aromatic rings. The van der Waals surface area contributed by atoms with Crippen LogP contribution in [0.4, 0.5) is 18.9 Å². The topological polar surface area (TPSA) is 83.6 Å². The zero-order valence-electron chi connectivity index (χ0n) is 12.9. The second kappa shape index (κ2) is 6.34. The lowest BCUT2D eigenvalue weighted by molar-refractivity contribution is -0.141. The summed E-state index contributed by atoms with van der Waals surface area (Å²) in [5, 5.41) is 9.19. The van der Waals surface area contributed by atoms with Gasteiger partial charge in [-0.15, -0.1) is 0 Å². The average Bonchev–Trinajstić information content (AvgIpc) is 3.02. The molecule has 0 bridgehead atoms. The molecule has 25 heavy (non-hydrogen) atoms. The number of rotatable bonds is 3. The van der Waals surface area contributed by atoms with E-state index in [1.807, 2.05) is 0 Å². The number of aromatic amines is 1. The number of hydrogen-bond acceptors (Lipinski definition) is 4. The fourth-order valence-corrected chi connectivity index (χ4v) is 2.28. The number of aryl methyl sites for hydroxylation is 1. The number of hydrogen-bond donors (Lipinski definition) is 2. The predicted octanol–water partition coefficient (Wildman–Crippen LogP) is 3.45. The highest BCUT2D eigenvalue weighted by Gasteiger charge is 2.34. The van der Waals surface area contributed by atoms with E-state index in [1.165, 1.54) is 13.1 Å². The van der Waals surface area contributed by atoms with Crippen molar-refractivity contribution in [2.75, 3.05) is 5.32 Å². The van der Waals surface area contributed by atoms with Gasteiger partial charge >= 0.3 is 6.18 Å². The molecule has 128 valence electrons. The minimum Gasteiger partial charge on any atom is -0.319 e. The Morgan fingerprint density at radius 1 is 1.20 bits per heavy atom. The van der Waals surface area contributed by atoms with Gasteiger partial charge in [0.25, 0.3) is 5.91 Å². The van der Waals surface area contributed by atoms with E-state index in [4.69, 9.17) is 0 Å².